The minimum atomic E-state index is -0.215. The fourth-order valence-corrected chi connectivity index (χ4v) is 4.68. The molecule has 5 heteroatoms. The van der Waals surface area contributed by atoms with Crippen LogP contribution in [-0.2, 0) is 17.8 Å². The molecule has 1 heterocycles. The molecule has 34 heavy (non-hydrogen) atoms. The summed E-state index contributed by atoms with van der Waals surface area (Å²) in [5, 5.41) is 0. The summed E-state index contributed by atoms with van der Waals surface area (Å²) < 4.78 is 19.0. The Morgan fingerprint density at radius 3 is 2.24 bits per heavy atom. The Kier molecular flexibility index (Phi) is 10.4. The maximum atomic E-state index is 13.2. The van der Waals surface area contributed by atoms with E-state index in [1.165, 1.54) is 56.2 Å². The zero-order valence-corrected chi connectivity index (χ0v) is 21.1. The maximum absolute atomic E-state index is 13.2. The van der Waals surface area contributed by atoms with Crippen molar-refractivity contribution in [3.63, 3.8) is 0 Å². The van der Waals surface area contributed by atoms with Gasteiger partial charge in [-0.05, 0) is 62.1 Å². The lowest BCUT2D eigenvalue weighted by molar-refractivity contribution is -0.139. The average molecular weight is 469 g/mol. The van der Waals surface area contributed by atoms with E-state index in [2.05, 4.69) is 37.8 Å². The molecule has 186 valence electrons. The van der Waals surface area contributed by atoms with Crippen LogP contribution in [0.4, 0.5) is 4.39 Å². The summed E-state index contributed by atoms with van der Waals surface area (Å²) in [6.07, 6.45) is 8.92. The summed E-state index contributed by atoms with van der Waals surface area (Å²) in [6, 6.07) is 15.2. The number of unbranched alkanes of at least 4 members (excludes halogenated alkanes) is 5. The van der Waals surface area contributed by atoms with Gasteiger partial charge in [-0.3, -0.25) is 9.69 Å². The molecule has 4 nitrogen and oxygen atoms in total. The zero-order chi connectivity index (χ0) is 24.3. The maximum Gasteiger partial charge on any atom is 0.260 e. The van der Waals surface area contributed by atoms with Gasteiger partial charge in [-0.1, -0.05) is 63.3 Å². The van der Waals surface area contributed by atoms with Crippen LogP contribution < -0.4 is 4.74 Å². The first-order valence-electron chi connectivity index (χ1n) is 13.0. The Morgan fingerprint density at radius 2 is 1.53 bits per heavy atom. The van der Waals surface area contributed by atoms with E-state index in [4.69, 9.17) is 4.74 Å². The van der Waals surface area contributed by atoms with Gasteiger partial charge in [0, 0.05) is 31.7 Å². The molecule has 2 aromatic carbocycles. The lowest BCUT2D eigenvalue weighted by Gasteiger charge is -2.44. The smallest absolute Gasteiger partial charge is 0.260 e. The van der Waals surface area contributed by atoms with E-state index in [1.807, 2.05) is 29.2 Å². The first kappa shape index (κ1) is 26.2. The van der Waals surface area contributed by atoms with Crippen molar-refractivity contribution in [1.29, 1.82) is 0 Å². The van der Waals surface area contributed by atoms with Crippen molar-refractivity contribution in [3.05, 3.63) is 65.5 Å². The second-order valence-corrected chi connectivity index (χ2v) is 9.75. The molecule has 0 aromatic heterocycles. The minimum absolute atomic E-state index is 0.0249. The minimum Gasteiger partial charge on any atom is -0.484 e. The van der Waals surface area contributed by atoms with Crippen LogP contribution in [0.5, 0.6) is 5.75 Å². The molecule has 1 aliphatic rings. The van der Waals surface area contributed by atoms with Gasteiger partial charge in [-0.15, -0.1) is 0 Å². The number of ether oxygens (including phenoxy) is 1. The van der Waals surface area contributed by atoms with E-state index >= 15 is 0 Å². The van der Waals surface area contributed by atoms with Gasteiger partial charge in [-0.2, -0.15) is 0 Å². The lowest BCUT2D eigenvalue weighted by atomic mass is 10.0. The summed E-state index contributed by atoms with van der Waals surface area (Å²) in [5.74, 6) is 0.556. The Labute approximate surface area is 205 Å². The topological polar surface area (TPSA) is 32.8 Å². The van der Waals surface area contributed by atoms with Gasteiger partial charge in [0.25, 0.3) is 5.91 Å². The molecule has 0 bridgehead atoms. The van der Waals surface area contributed by atoms with Gasteiger partial charge in [0.15, 0.2) is 6.61 Å². The van der Waals surface area contributed by atoms with Crippen molar-refractivity contribution in [2.24, 2.45) is 0 Å². The van der Waals surface area contributed by atoms with Crippen LogP contribution in [0.15, 0.2) is 48.5 Å². The summed E-state index contributed by atoms with van der Waals surface area (Å²) in [7, 11) is 0. The average Bonchev–Trinajstić information content (AvgIpc) is 2.84. The number of piperazine rings is 1. The molecule has 3 rings (SSSR count). The van der Waals surface area contributed by atoms with Crippen LogP contribution in [0.1, 0.15) is 70.4 Å². The molecular weight excluding hydrogens is 427 g/mol. The quantitative estimate of drug-likeness (QED) is 0.346. The molecule has 0 unspecified atom stereocenters. The van der Waals surface area contributed by atoms with Crippen LogP contribution in [0.3, 0.4) is 0 Å². The van der Waals surface area contributed by atoms with Crippen LogP contribution in [-0.4, -0.2) is 47.5 Å². The highest BCUT2D eigenvalue weighted by Gasteiger charge is 2.32. The first-order chi connectivity index (χ1) is 16.5. The predicted molar refractivity (Wildman–Crippen MR) is 136 cm³/mol. The van der Waals surface area contributed by atoms with Crippen LogP contribution in [0.25, 0.3) is 0 Å². The van der Waals surface area contributed by atoms with Crippen molar-refractivity contribution >= 4 is 5.91 Å². The van der Waals surface area contributed by atoms with Crippen LogP contribution in [0, 0.1) is 5.82 Å². The lowest BCUT2D eigenvalue weighted by Crippen LogP contribution is -2.58. The van der Waals surface area contributed by atoms with Crippen LogP contribution in [0.2, 0.25) is 0 Å². The van der Waals surface area contributed by atoms with E-state index in [-0.39, 0.29) is 30.4 Å². The Hall–Kier alpha value is -2.40. The molecule has 0 aliphatic carbocycles. The second kappa shape index (κ2) is 13.5. The molecule has 0 N–H and O–H groups in total. The SMILES string of the molecule is CCCCCCCCc1ccc(OCC(=O)N2C[C@@H](C)N(Cc3ccc(F)cc3)C[C@@H]2C)cc1. The van der Waals surface area contributed by atoms with Crippen LogP contribution >= 0.6 is 0 Å². The second-order valence-electron chi connectivity index (χ2n) is 9.75. The van der Waals surface area contributed by atoms with Gasteiger partial charge >= 0.3 is 0 Å². The number of benzene rings is 2. The summed E-state index contributed by atoms with van der Waals surface area (Å²) in [4.78, 5) is 17.2. The molecule has 1 fully saturated rings. The molecular formula is C29H41FN2O2. The fraction of sp³-hybridized carbons (Fsp3) is 0.552. The number of carbonyl (C=O) groups excluding carboxylic acids is 1. The number of aryl methyl sites for hydroxylation is 1. The largest absolute Gasteiger partial charge is 0.484 e. The molecule has 1 saturated heterocycles. The van der Waals surface area contributed by atoms with Gasteiger partial charge in [0.2, 0.25) is 0 Å². The molecule has 1 aliphatic heterocycles. The number of hydrogen-bond acceptors (Lipinski definition) is 3. The predicted octanol–water partition coefficient (Wildman–Crippen LogP) is 6.23. The zero-order valence-electron chi connectivity index (χ0n) is 21.1. The van der Waals surface area contributed by atoms with Crippen molar-refractivity contribution in [1.82, 2.24) is 9.80 Å². The highest BCUT2D eigenvalue weighted by molar-refractivity contribution is 5.78. The normalized spacial score (nSPS) is 18.8. The molecule has 0 spiro atoms. The molecule has 2 atom stereocenters. The van der Waals surface area contributed by atoms with E-state index in [0.717, 1.165) is 30.8 Å². The van der Waals surface area contributed by atoms with Crippen molar-refractivity contribution in [3.8, 4) is 5.75 Å². The van der Waals surface area contributed by atoms with Gasteiger partial charge in [0.1, 0.15) is 11.6 Å². The van der Waals surface area contributed by atoms with Gasteiger partial charge in [-0.25, -0.2) is 4.39 Å². The third kappa shape index (κ3) is 8.12. The van der Waals surface area contributed by atoms with E-state index < -0.39 is 0 Å². The van der Waals surface area contributed by atoms with Gasteiger partial charge < -0.3 is 9.64 Å². The van der Waals surface area contributed by atoms with Gasteiger partial charge in [0.05, 0.1) is 0 Å². The molecule has 2 aromatic rings. The number of halogens is 1. The molecule has 1 amide bonds. The number of hydrogen-bond donors (Lipinski definition) is 0. The summed E-state index contributed by atoms with van der Waals surface area (Å²) >= 11 is 0. The summed E-state index contributed by atoms with van der Waals surface area (Å²) in [6.45, 7) is 8.74. The molecule has 0 saturated carbocycles. The first-order valence-corrected chi connectivity index (χ1v) is 13.0. The molecule has 0 radical (unpaired) electrons. The Morgan fingerprint density at radius 1 is 0.882 bits per heavy atom. The Balaban J connectivity index is 1.41. The third-order valence-electron chi connectivity index (χ3n) is 6.84. The highest BCUT2D eigenvalue weighted by atomic mass is 19.1. The Bertz CT molecular complexity index is 869. The van der Waals surface area contributed by atoms with E-state index in [9.17, 15) is 9.18 Å². The number of amides is 1. The van der Waals surface area contributed by atoms with Crippen molar-refractivity contribution in [2.45, 2.75) is 84.3 Å². The highest BCUT2D eigenvalue weighted by Crippen LogP contribution is 2.20. The van der Waals surface area contributed by atoms with E-state index in [1.54, 1.807) is 0 Å². The fourth-order valence-electron chi connectivity index (χ4n) is 4.68. The van der Waals surface area contributed by atoms with E-state index in [0.29, 0.717) is 6.54 Å². The van der Waals surface area contributed by atoms with Crippen molar-refractivity contribution in [2.75, 3.05) is 19.7 Å². The number of nitrogens with zero attached hydrogens (tertiary/aromatic N) is 2. The number of carbonyl (C=O) groups is 1. The monoisotopic (exact) mass is 468 g/mol. The van der Waals surface area contributed by atoms with Crippen molar-refractivity contribution < 1.29 is 13.9 Å². The third-order valence-corrected chi connectivity index (χ3v) is 6.84. The standard InChI is InChI=1S/C29H41FN2O2/c1-4-5-6-7-8-9-10-25-13-17-28(18-14-25)34-22-29(33)32-20-23(2)31(19-24(32)3)21-26-11-15-27(30)16-12-26/h11-18,23-24H,4-10,19-22H2,1-3H3/t23-,24+/m1/s1. The number of rotatable bonds is 12. The summed E-state index contributed by atoms with van der Waals surface area (Å²) in [5.41, 5.74) is 2.41.